The number of para-hydroxylation sites is 2. The molecule has 1 N–H and O–H groups in total. The number of benzene rings is 2. The summed E-state index contributed by atoms with van der Waals surface area (Å²) in [5, 5.41) is 8.08. The fourth-order valence-electron chi connectivity index (χ4n) is 1.26. The quantitative estimate of drug-likeness (QED) is 0.831. The molecule has 0 fully saturated rings. The van der Waals surface area contributed by atoms with Gasteiger partial charge >= 0.3 is 5.97 Å². The summed E-state index contributed by atoms with van der Waals surface area (Å²) in [5.74, 6) is 0.838. The average Bonchev–Trinajstić information content (AvgIpc) is 2.49. The molecule has 0 atom stereocenters. The molecule has 0 unspecified atom stereocenters. The van der Waals surface area contributed by atoms with Crippen molar-refractivity contribution in [3.05, 3.63) is 72.8 Å². The SMILES string of the molecule is C=C(CC)C(=O)O.c1ccc(Oc2ccccc2)cc1. The first-order valence-corrected chi connectivity index (χ1v) is 6.32. The summed E-state index contributed by atoms with van der Waals surface area (Å²) in [5.41, 5.74) is 0.264. The predicted octanol–water partition coefficient (Wildman–Crippen LogP) is 4.52. The van der Waals surface area contributed by atoms with Gasteiger partial charge < -0.3 is 9.84 Å². The largest absolute Gasteiger partial charge is 0.478 e. The molecule has 3 nitrogen and oxygen atoms in total. The third-order valence-electron chi connectivity index (χ3n) is 2.45. The monoisotopic (exact) mass is 270 g/mol. The van der Waals surface area contributed by atoms with E-state index in [1.165, 1.54) is 0 Å². The number of aliphatic carboxylic acids is 1. The van der Waals surface area contributed by atoms with Crippen molar-refractivity contribution in [2.45, 2.75) is 13.3 Å². The van der Waals surface area contributed by atoms with E-state index in [1.54, 1.807) is 6.92 Å². The highest BCUT2D eigenvalue weighted by molar-refractivity contribution is 5.85. The number of ether oxygens (including phenoxy) is 1. The third kappa shape index (κ3) is 5.87. The van der Waals surface area contributed by atoms with Crippen LogP contribution in [0.15, 0.2) is 72.8 Å². The fraction of sp³-hybridized carbons (Fsp3) is 0.118. The van der Waals surface area contributed by atoms with Gasteiger partial charge in [0, 0.05) is 5.57 Å². The zero-order valence-corrected chi connectivity index (χ0v) is 11.5. The van der Waals surface area contributed by atoms with Crippen molar-refractivity contribution >= 4 is 5.97 Å². The highest BCUT2D eigenvalue weighted by Gasteiger charge is 1.96. The average molecular weight is 270 g/mol. The maximum Gasteiger partial charge on any atom is 0.330 e. The minimum absolute atomic E-state index is 0.264. The molecule has 0 saturated heterocycles. The lowest BCUT2D eigenvalue weighted by Crippen LogP contribution is -1.95. The van der Waals surface area contributed by atoms with Crippen molar-refractivity contribution in [1.29, 1.82) is 0 Å². The van der Waals surface area contributed by atoms with Gasteiger partial charge in [-0.3, -0.25) is 0 Å². The number of carboxylic acid groups (broad SMARTS) is 1. The molecule has 3 heteroatoms. The zero-order valence-electron chi connectivity index (χ0n) is 11.5. The molecule has 2 rings (SSSR count). The molecule has 0 amide bonds. The van der Waals surface area contributed by atoms with Crippen molar-refractivity contribution in [2.75, 3.05) is 0 Å². The van der Waals surface area contributed by atoms with Crippen molar-refractivity contribution in [1.82, 2.24) is 0 Å². The number of carbonyl (C=O) groups is 1. The Bertz CT molecular complexity index is 495. The first-order valence-electron chi connectivity index (χ1n) is 6.32. The van der Waals surface area contributed by atoms with E-state index >= 15 is 0 Å². The number of hydrogen-bond donors (Lipinski definition) is 1. The molecule has 0 aliphatic rings. The van der Waals surface area contributed by atoms with E-state index in [0.29, 0.717) is 6.42 Å². The van der Waals surface area contributed by atoms with Crippen LogP contribution in [-0.2, 0) is 4.79 Å². The topological polar surface area (TPSA) is 46.5 Å². The zero-order chi connectivity index (χ0) is 14.8. The Kier molecular flexibility index (Phi) is 6.62. The molecule has 0 spiro atoms. The molecule has 0 saturated carbocycles. The summed E-state index contributed by atoms with van der Waals surface area (Å²) < 4.78 is 5.58. The maximum absolute atomic E-state index is 9.83. The summed E-state index contributed by atoms with van der Waals surface area (Å²) in [7, 11) is 0. The van der Waals surface area contributed by atoms with Crippen LogP contribution in [0.2, 0.25) is 0 Å². The molecule has 0 aliphatic carbocycles. The van der Waals surface area contributed by atoms with Crippen LogP contribution in [0.4, 0.5) is 0 Å². The molecule has 2 aromatic rings. The van der Waals surface area contributed by atoms with E-state index in [4.69, 9.17) is 9.84 Å². The fourth-order valence-corrected chi connectivity index (χ4v) is 1.26. The normalized spacial score (nSPS) is 9.05. The first-order chi connectivity index (χ1) is 9.63. The van der Waals surface area contributed by atoms with Gasteiger partial charge in [-0.15, -0.1) is 0 Å². The number of hydrogen-bond acceptors (Lipinski definition) is 2. The second-order valence-corrected chi connectivity index (χ2v) is 3.99. The van der Waals surface area contributed by atoms with Gasteiger partial charge in [0.1, 0.15) is 11.5 Å². The predicted molar refractivity (Wildman–Crippen MR) is 80.0 cm³/mol. The Morgan fingerprint density at radius 2 is 1.40 bits per heavy atom. The van der Waals surface area contributed by atoms with E-state index in [1.807, 2.05) is 60.7 Å². The second-order valence-electron chi connectivity index (χ2n) is 3.99. The van der Waals surface area contributed by atoms with Crippen LogP contribution in [-0.4, -0.2) is 11.1 Å². The summed E-state index contributed by atoms with van der Waals surface area (Å²) in [4.78, 5) is 9.83. The van der Waals surface area contributed by atoms with E-state index in [9.17, 15) is 4.79 Å². The van der Waals surface area contributed by atoms with Crippen molar-refractivity contribution < 1.29 is 14.6 Å². The molecular formula is C17H18O3. The Morgan fingerprint density at radius 3 is 1.65 bits per heavy atom. The van der Waals surface area contributed by atoms with Crippen LogP contribution in [0, 0.1) is 0 Å². The summed E-state index contributed by atoms with van der Waals surface area (Å²) >= 11 is 0. The molecule has 0 aromatic heterocycles. The molecule has 0 aliphatic heterocycles. The lowest BCUT2D eigenvalue weighted by Gasteiger charge is -2.03. The van der Waals surface area contributed by atoms with Crippen LogP contribution >= 0.6 is 0 Å². The van der Waals surface area contributed by atoms with Crippen molar-refractivity contribution in [3.8, 4) is 11.5 Å². The third-order valence-corrected chi connectivity index (χ3v) is 2.45. The van der Waals surface area contributed by atoms with Crippen LogP contribution in [0.3, 0.4) is 0 Å². The lowest BCUT2D eigenvalue weighted by molar-refractivity contribution is -0.132. The number of rotatable bonds is 4. The van der Waals surface area contributed by atoms with Gasteiger partial charge in [0.15, 0.2) is 0 Å². The Labute approximate surface area is 119 Å². The first kappa shape index (κ1) is 15.5. The van der Waals surface area contributed by atoms with Gasteiger partial charge in [-0.2, -0.15) is 0 Å². The molecule has 104 valence electrons. The minimum atomic E-state index is -0.900. The summed E-state index contributed by atoms with van der Waals surface area (Å²) in [6, 6.07) is 19.5. The molecular weight excluding hydrogens is 252 g/mol. The van der Waals surface area contributed by atoms with Gasteiger partial charge in [0.25, 0.3) is 0 Å². The highest BCUT2D eigenvalue weighted by Crippen LogP contribution is 2.19. The van der Waals surface area contributed by atoms with Crippen LogP contribution in [0.5, 0.6) is 11.5 Å². The molecule has 0 bridgehead atoms. The van der Waals surface area contributed by atoms with Crippen molar-refractivity contribution in [3.63, 3.8) is 0 Å². The van der Waals surface area contributed by atoms with E-state index in [2.05, 4.69) is 6.58 Å². The molecule has 2 aromatic carbocycles. The standard InChI is InChI=1S/C12H10O.C5H8O2/c1-3-7-11(8-4-1)13-12-9-5-2-6-10-12;1-3-4(2)5(6)7/h1-10H;2-3H2,1H3,(H,6,7). The van der Waals surface area contributed by atoms with Gasteiger partial charge in [-0.1, -0.05) is 49.9 Å². The van der Waals surface area contributed by atoms with Crippen molar-refractivity contribution in [2.24, 2.45) is 0 Å². The summed E-state index contributed by atoms with van der Waals surface area (Å²) in [6.45, 7) is 5.03. The van der Waals surface area contributed by atoms with Crippen LogP contribution in [0.25, 0.3) is 0 Å². The van der Waals surface area contributed by atoms with Gasteiger partial charge in [-0.05, 0) is 30.7 Å². The highest BCUT2D eigenvalue weighted by atomic mass is 16.5. The second kappa shape index (κ2) is 8.53. The summed E-state index contributed by atoms with van der Waals surface area (Å²) in [6.07, 6.45) is 0.523. The van der Waals surface area contributed by atoms with Gasteiger partial charge in [-0.25, -0.2) is 4.79 Å². The smallest absolute Gasteiger partial charge is 0.330 e. The van der Waals surface area contributed by atoms with Gasteiger partial charge in [0.2, 0.25) is 0 Å². The number of carboxylic acids is 1. The van der Waals surface area contributed by atoms with Gasteiger partial charge in [0.05, 0.1) is 0 Å². The van der Waals surface area contributed by atoms with Crippen LogP contribution < -0.4 is 4.74 Å². The lowest BCUT2D eigenvalue weighted by atomic mass is 10.2. The van der Waals surface area contributed by atoms with E-state index in [-0.39, 0.29) is 5.57 Å². The van der Waals surface area contributed by atoms with Crippen LogP contribution in [0.1, 0.15) is 13.3 Å². The maximum atomic E-state index is 9.83. The van der Waals surface area contributed by atoms with E-state index < -0.39 is 5.97 Å². The molecule has 0 heterocycles. The molecule has 0 radical (unpaired) electrons. The molecule has 20 heavy (non-hydrogen) atoms. The Hall–Kier alpha value is -2.55. The minimum Gasteiger partial charge on any atom is -0.478 e. The Morgan fingerprint density at radius 1 is 1.00 bits per heavy atom. The van der Waals surface area contributed by atoms with E-state index in [0.717, 1.165) is 11.5 Å². The Balaban J connectivity index is 0.000000246.